The molecular formula is C17H10N4S2. The van der Waals surface area contributed by atoms with E-state index in [2.05, 4.69) is 26.4 Å². The lowest BCUT2D eigenvalue weighted by molar-refractivity contribution is 1.27. The Kier molecular flexibility index (Phi) is 3.50. The van der Waals surface area contributed by atoms with E-state index in [-0.39, 0.29) is 0 Å². The topological polar surface area (TPSA) is 65.4 Å². The summed E-state index contributed by atoms with van der Waals surface area (Å²) in [7, 11) is 0. The smallest absolute Gasteiger partial charge is 0.149 e. The summed E-state index contributed by atoms with van der Waals surface area (Å²) in [6, 6.07) is 12.0. The second-order valence-electron chi connectivity index (χ2n) is 4.86. The summed E-state index contributed by atoms with van der Waals surface area (Å²) in [6.07, 6.45) is 1.77. The van der Waals surface area contributed by atoms with Gasteiger partial charge in [-0.1, -0.05) is 12.1 Å². The van der Waals surface area contributed by atoms with Crippen molar-refractivity contribution in [3.63, 3.8) is 0 Å². The number of nitrogens with zero attached hydrogens (tertiary/aromatic N) is 3. The molecule has 110 valence electrons. The van der Waals surface area contributed by atoms with Crippen LogP contribution in [0.5, 0.6) is 0 Å². The van der Waals surface area contributed by atoms with Crippen LogP contribution in [0.4, 0.5) is 0 Å². The van der Waals surface area contributed by atoms with E-state index >= 15 is 0 Å². The van der Waals surface area contributed by atoms with Crippen molar-refractivity contribution in [2.24, 2.45) is 0 Å². The normalized spacial score (nSPS) is 11.7. The lowest BCUT2D eigenvalue weighted by Crippen LogP contribution is -1.85. The van der Waals surface area contributed by atoms with Gasteiger partial charge in [-0.2, -0.15) is 16.6 Å². The molecule has 3 heterocycles. The lowest BCUT2D eigenvalue weighted by atomic mass is 10.2. The zero-order valence-electron chi connectivity index (χ0n) is 11.9. The third-order valence-corrected chi connectivity index (χ3v) is 4.94. The van der Waals surface area contributed by atoms with E-state index in [1.807, 2.05) is 41.1 Å². The monoisotopic (exact) mass is 334 g/mol. The largest absolute Gasteiger partial charge is 0.337 e. The van der Waals surface area contributed by atoms with E-state index in [9.17, 15) is 5.26 Å². The molecule has 0 aliphatic carbocycles. The van der Waals surface area contributed by atoms with Gasteiger partial charge in [-0.05, 0) is 29.7 Å². The Labute approximate surface area is 140 Å². The first-order valence-electron chi connectivity index (χ1n) is 6.88. The first-order valence-corrected chi connectivity index (χ1v) is 8.71. The average molecular weight is 334 g/mol. The van der Waals surface area contributed by atoms with Crippen LogP contribution < -0.4 is 0 Å². The number of rotatable bonds is 3. The summed E-state index contributed by atoms with van der Waals surface area (Å²) in [4.78, 5) is 12.2. The van der Waals surface area contributed by atoms with Crippen LogP contribution in [0.25, 0.3) is 33.3 Å². The van der Waals surface area contributed by atoms with Crippen LogP contribution in [-0.2, 0) is 0 Å². The summed E-state index contributed by atoms with van der Waals surface area (Å²) in [5, 5.41) is 16.5. The zero-order chi connectivity index (χ0) is 15.6. The molecule has 4 rings (SSSR count). The Morgan fingerprint density at radius 3 is 2.87 bits per heavy atom. The fourth-order valence-electron chi connectivity index (χ4n) is 2.25. The number of allylic oxidation sites excluding steroid dienone is 1. The molecule has 0 saturated heterocycles. The second-order valence-corrected chi connectivity index (χ2v) is 6.50. The summed E-state index contributed by atoms with van der Waals surface area (Å²) in [5.74, 6) is 0.568. The van der Waals surface area contributed by atoms with Gasteiger partial charge in [0.1, 0.15) is 16.9 Å². The molecule has 23 heavy (non-hydrogen) atoms. The maximum absolute atomic E-state index is 9.46. The number of aromatic amines is 1. The van der Waals surface area contributed by atoms with Crippen molar-refractivity contribution >= 4 is 45.4 Å². The molecule has 1 aromatic carbocycles. The molecule has 0 spiro atoms. The van der Waals surface area contributed by atoms with Gasteiger partial charge >= 0.3 is 0 Å². The highest BCUT2D eigenvalue weighted by Crippen LogP contribution is 2.27. The number of thiophene rings is 1. The molecule has 0 saturated carbocycles. The molecule has 1 N–H and O–H groups in total. The standard InChI is InChI=1S/C17H10N4S2/c18-8-12(16-20-14-3-1-2-4-15(14)21-16)7-13-10-23-17(19-13)11-5-6-22-9-11/h1-7,9-10H,(H,20,21). The van der Waals surface area contributed by atoms with Gasteiger partial charge < -0.3 is 4.98 Å². The van der Waals surface area contributed by atoms with Gasteiger partial charge in [0, 0.05) is 16.3 Å². The van der Waals surface area contributed by atoms with Gasteiger partial charge in [0.15, 0.2) is 0 Å². The summed E-state index contributed by atoms with van der Waals surface area (Å²) >= 11 is 3.22. The third kappa shape index (κ3) is 2.68. The molecule has 0 unspecified atom stereocenters. The number of aromatic nitrogens is 3. The molecule has 0 radical (unpaired) electrons. The number of H-pyrrole nitrogens is 1. The molecular weight excluding hydrogens is 324 g/mol. The van der Waals surface area contributed by atoms with E-state index in [1.165, 1.54) is 0 Å². The molecule has 0 atom stereocenters. The lowest BCUT2D eigenvalue weighted by Gasteiger charge is -1.91. The van der Waals surface area contributed by atoms with Gasteiger partial charge in [-0.25, -0.2) is 9.97 Å². The maximum Gasteiger partial charge on any atom is 0.149 e. The van der Waals surface area contributed by atoms with Crippen molar-refractivity contribution in [2.45, 2.75) is 0 Å². The first kappa shape index (κ1) is 13.9. The van der Waals surface area contributed by atoms with Crippen molar-refractivity contribution in [2.75, 3.05) is 0 Å². The van der Waals surface area contributed by atoms with Crippen LogP contribution in [0, 0.1) is 11.3 Å². The van der Waals surface area contributed by atoms with Crippen molar-refractivity contribution < 1.29 is 0 Å². The Balaban J connectivity index is 1.72. The Bertz CT molecular complexity index is 999. The summed E-state index contributed by atoms with van der Waals surface area (Å²) < 4.78 is 0. The quantitative estimate of drug-likeness (QED) is 0.547. The molecule has 0 amide bonds. The number of fused-ring (bicyclic) bond motifs is 1. The van der Waals surface area contributed by atoms with Gasteiger partial charge in [0.25, 0.3) is 0 Å². The predicted molar refractivity (Wildman–Crippen MR) is 95.0 cm³/mol. The van der Waals surface area contributed by atoms with E-state index in [0.717, 1.165) is 27.3 Å². The van der Waals surface area contributed by atoms with Gasteiger partial charge in [-0.15, -0.1) is 11.3 Å². The molecule has 0 aliphatic rings. The highest BCUT2D eigenvalue weighted by Gasteiger charge is 2.09. The predicted octanol–water partition coefficient (Wildman–Crippen LogP) is 4.81. The van der Waals surface area contributed by atoms with Crippen molar-refractivity contribution in [1.29, 1.82) is 5.26 Å². The fraction of sp³-hybridized carbons (Fsp3) is 0. The van der Waals surface area contributed by atoms with E-state index < -0.39 is 0 Å². The number of hydrogen-bond acceptors (Lipinski definition) is 5. The Morgan fingerprint density at radius 1 is 1.17 bits per heavy atom. The average Bonchev–Trinajstić information content (AvgIpc) is 3.30. The Hall–Kier alpha value is -2.75. The van der Waals surface area contributed by atoms with E-state index in [4.69, 9.17) is 0 Å². The summed E-state index contributed by atoms with van der Waals surface area (Å²) in [5.41, 5.74) is 4.13. The van der Waals surface area contributed by atoms with E-state index in [0.29, 0.717) is 11.4 Å². The minimum atomic E-state index is 0.475. The molecule has 0 bridgehead atoms. The minimum absolute atomic E-state index is 0.475. The van der Waals surface area contributed by atoms with Gasteiger partial charge in [-0.3, -0.25) is 0 Å². The third-order valence-electron chi connectivity index (χ3n) is 3.35. The first-order chi connectivity index (χ1) is 11.3. The summed E-state index contributed by atoms with van der Waals surface area (Å²) in [6.45, 7) is 0. The molecule has 0 aliphatic heterocycles. The zero-order valence-corrected chi connectivity index (χ0v) is 13.5. The second kappa shape index (κ2) is 5.80. The van der Waals surface area contributed by atoms with Crippen LogP contribution in [-0.4, -0.2) is 15.0 Å². The number of nitrogens with one attached hydrogen (secondary N) is 1. The van der Waals surface area contributed by atoms with Crippen molar-refractivity contribution in [1.82, 2.24) is 15.0 Å². The number of benzene rings is 1. The van der Waals surface area contributed by atoms with Crippen LogP contribution >= 0.6 is 22.7 Å². The molecule has 6 heteroatoms. The fourth-order valence-corrected chi connectivity index (χ4v) is 3.74. The number of hydrogen-bond donors (Lipinski definition) is 1. The number of imidazole rings is 1. The van der Waals surface area contributed by atoms with Crippen LogP contribution in [0.3, 0.4) is 0 Å². The molecule has 0 fully saturated rings. The SMILES string of the molecule is N#CC(=Cc1csc(-c2ccsc2)n1)c1nc2ccccc2[nH]1. The van der Waals surface area contributed by atoms with Gasteiger partial charge in [0.05, 0.1) is 22.3 Å². The van der Waals surface area contributed by atoms with Crippen molar-refractivity contribution in [3.05, 3.63) is 58.0 Å². The van der Waals surface area contributed by atoms with Crippen LogP contribution in [0.15, 0.2) is 46.5 Å². The van der Waals surface area contributed by atoms with E-state index in [1.54, 1.807) is 28.7 Å². The highest BCUT2D eigenvalue weighted by molar-refractivity contribution is 7.14. The Morgan fingerprint density at radius 2 is 2.09 bits per heavy atom. The minimum Gasteiger partial charge on any atom is -0.337 e. The number of thiazole rings is 1. The maximum atomic E-state index is 9.46. The molecule has 3 aromatic heterocycles. The number of nitriles is 1. The highest BCUT2D eigenvalue weighted by atomic mass is 32.1. The van der Waals surface area contributed by atoms with Gasteiger partial charge in [0.2, 0.25) is 0 Å². The molecule has 4 aromatic rings. The number of para-hydroxylation sites is 2. The van der Waals surface area contributed by atoms with Crippen LogP contribution in [0.1, 0.15) is 11.5 Å². The molecule has 4 nitrogen and oxygen atoms in total. The van der Waals surface area contributed by atoms with Crippen molar-refractivity contribution in [3.8, 4) is 16.6 Å². The van der Waals surface area contributed by atoms with Crippen LogP contribution in [0.2, 0.25) is 0 Å².